The topological polar surface area (TPSA) is 78.6 Å². The van der Waals surface area contributed by atoms with Crippen LogP contribution < -0.4 is 5.32 Å². The van der Waals surface area contributed by atoms with Crippen LogP contribution in [0.4, 0.5) is 5.82 Å². The number of imidazole rings is 1. The molecule has 2 N–H and O–H groups in total. The smallest absolute Gasteiger partial charge is 0.192 e. The molecule has 1 aliphatic rings. The second-order valence-corrected chi connectivity index (χ2v) is 7.29. The highest BCUT2D eigenvalue weighted by atomic mass is 35.5. The Balaban J connectivity index is 1.75. The Morgan fingerprint density at radius 3 is 2.92 bits per heavy atom. The van der Waals surface area contributed by atoms with Gasteiger partial charge in [0.25, 0.3) is 0 Å². The summed E-state index contributed by atoms with van der Waals surface area (Å²) in [7, 11) is 2.12. The largest absolute Gasteiger partial charge is 0.507 e. The zero-order valence-electron chi connectivity index (χ0n) is 14.8. The van der Waals surface area contributed by atoms with Crippen molar-refractivity contribution in [3.63, 3.8) is 0 Å². The molecule has 136 valence electrons. The number of likely N-dealkylation sites (N-methyl/N-ethyl adjacent to an activating group) is 1. The van der Waals surface area contributed by atoms with Crippen molar-refractivity contribution in [3.05, 3.63) is 35.1 Å². The Labute approximate surface area is 156 Å². The van der Waals surface area contributed by atoms with Crippen LogP contribution >= 0.6 is 11.6 Å². The first-order valence-corrected chi connectivity index (χ1v) is 9.05. The number of rotatable bonds is 3. The van der Waals surface area contributed by atoms with E-state index in [9.17, 15) is 5.11 Å². The molecule has 0 unspecified atom stereocenters. The number of aromatic nitrogens is 4. The van der Waals surface area contributed by atoms with Crippen LogP contribution in [0.1, 0.15) is 18.4 Å². The summed E-state index contributed by atoms with van der Waals surface area (Å²) in [5.41, 5.74) is 2.12. The number of piperidine rings is 1. The van der Waals surface area contributed by atoms with Crippen molar-refractivity contribution in [1.82, 2.24) is 24.5 Å². The maximum atomic E-state index is 10.4. The molecule has 1 fully saturated rings. The van der Waals surface area contributed by atoms with Gasteiger partial charge in [-0.05, 0) is 51.1 Å². The monoisotopic (exact) mass is 372 g/mol. The lowest BCUT2D eigenvalue weighted by molar-refractivity contribution is 0.260. The van der Waals surface area contributed by atoms with Gasteiger partial charge in [-0.3, -0.25) is 4.40 Å². The number of likely N-dealkylation sites (tertiary alicyclic amines) is 1. The van der Waals surface area contributed by atoms with E-state index in [1.807, 2.05) is 17.5 Å². The minimum absolute atomic E-state index is 0.0777. The highest BCUT2D eigenvalue weighted by Crippen LogP contribution is 2.34. The van der Waals surface area contributed by atoms with Gasteiger partial charge in [-0.1, -0.05) is 11.6 Å². The number of aromatic hydroxyl groups is 1. The molecule has 8 heteroatoms. The Kier molecular flexibility index (Phi) is 4.42. The van der Waals surface area contributed by atoms with Crippen LogP contribution in [0.3, 0.4) is 0 Å². The molecule has 26 heavy (non-hydrogen) atoms. The van der Waals surface area contributed by atoms with Crippen LogP contribution in [0.5, 0.6) is 5.75 Å². The predicted molar refractivity (Wildman–Crippen MR) is 102 cm³/mol. The normalized spacial score (nSPS) is 18.3. The summed E-state index contributed by atoms with van der Waals surface area (Å²) >= 11 is 6.02. The number of phenols is 1. The van der Waals surface area contributed by atoms with E-state index in [1.54, 1.807) is 12.3 Å². The molecule has 4 rings (SSSR count). The molecule has 0 saturated carbocycles. The highest BCUT2D eigenvalue weighted by Gasteiger charge is 2.21. The third-order valence-electron chi connectivity index (χ3n) is 4.79. The minimum Gasteiger partial charge on any atom is -0.507 e. The fourth-order valence-electron chi connectivity index (χ4n) is 3.60. The quantitative estimate of drug-likeness (QED) is 0.736. The highest BCUT2D eigenvalue weighted by molar-refractivity contribution is 6.31. The number of nitrogens with zero attached hydrogens (tertiary/aromatic N) is 5. The van der Waals surface area contributed by atoms with Gasteiger partial charge in [0.2, 0.25) is 0 Å². The summed E-state index contributed by atoms with van der Waals surface area (Å²) in [6.45, 7) is 3.97. The van der Waals surface area contributed by atoms with Crippen molar-refractivity contribution in [3.8, 4) is 17.1 Å². The number of aryl methyl sites for hydroxylation is 1. The molecule has 1 atom stereocenters. The van der Waals surface area contributed by atoms with Crippen molar-refractivity contribution in [2.24, 2.45) is 0 Å². The molecule has 0 amide bonds. The molecule has 0 radical (unpaired) electrons. The van der Waals surface area contributed by atoms with Crippen LogP contribution in [0.2, 0.25) is 5.02 Å². The van der Waals surface area contributed by atoms with E-state index in [-0.39, 0.29) is 5.75 Å². The number of benzene rings is 1. The lowest BCUT2D eigenvalue weighted by atomic mass is 10.1. The maximum Gasteiger partial charge on any atom is 0.192 e. The van der Waals surface area contributed by atoms with E-state index in [4.69, 9.17) is 11.6 Å². The number of hydrogen-bond acceptors (Lipinski definition) is 6. The summed E-state index contributed by atoms with van der Waals surface area (Å²) in [5, 5.41) is 23.1. The van der Waals surface area contributed by atoms with Gasteiger partial charge in [0.05, 0.1) is 5.56 Å². The van der Waals surface area contributed by atoms with E-state index < -0.39 is 0 Å². The van der Waals surface area contributed by atoms with Crippen LogP contribution in [-0.4, -0.2) is 55.8 Å². The van der Waals surface area contributed by atoms with Crippen molar-refractivity contribution < 1.29 is 5.11 Å². The standard InChI is InChI=1S/C18H21ClN6O/c1-11-8-12(19)9-14(26)15(11)17-23-22-16(18-20-5-7-25(17)18)21-13-4-3-6-24(2)10-13/h5,7-9,13,26H,3-4,6,10H2,1-2H3,(H,21,22)/t13-/m1/s1. The number of fused-ring (bicyclic) bond motifs is 1. The Morgan fingerprint density at radius 1 is 1.31 bits per heavy atom. The lowest BCUT2D eigenvalue weighted by Crippen LogP contribution is -2.40. The van der Waals surface area contributed by atoms with Crippen molar-refractivity contribution in [2.75, 3.05) is 25.5 Å². The number of anilines is 1. The van der Waals surface area contributed by atoms with Crippen molar-refractivity contribution in [1.29, 1.82) is 0 Å². The molecule has 3 aromatic rings. The first-order chi connectivity index (χ1) is 12.5. The molecule has 1 aromatic carbocycles. The molecule has 0 aliphatic carbocycles. The van der Waals surface area contributed by atoms with Gasteiger partial charge in [0, 0.05) is 30.0 Å². The van der Waals surface area contributed by atoms with Gasteiger partial charge in [-0.15, -0.1) is 10.2 Å². The van der Waals surface area contributed by atoms with Crippen molar-refractivity contribution >= 4 is 23.1 Å². The third-order valence-corrected chi connectivity index (χ3v) is 5.01. The fraction of sp³-hybridized carbons (Fsp3) is 0.389. The van der Waals surface area contributed by atoms with Gasteiger partial charge >= 0.3 is 0 Å². The second-order valence-electron chi connectivity index (χ2n) is 6.86. The zero-order chi connectivity index (χ0) is 18.3. The summed E-state index contributed by atoms with van der Waals surface area (Å²) in [4.78, 5) is 6.75. The van der Waals surface area contributed by atoms with E-state index >= 15 is 0 Å². The van der Waals surface area contributed by atoms with Crippen molar-refractivity contribution in [2.45, 2.75) is 25.8 Å². The van der Waals surface area contributed by atoms with Crippen LogP contribution in [-0.2, 0) is 0 Å². The third kappa shape index (κ3) is 3.08. The summed E-state index contributed by atoms with van der Waals surface area (Å²) in [6, 6.07) is 3.63. The van der Waals surface area contributed by atoms with Gasteiger partial charge in [0.15, 0.2) is 17.3 Å². The summed E-state index contributed by atoms with van der Waals surface area (Å²) < 4.78 is 1.85. The minimum atomic E-state index is 0.0777. The van der Waals surface area contributed by atoms with Gasteiger partial charge in [-0.2, -0.15) is 0 Å². The van der Waals surface area contributed by atoms with Crippen LogP contribution in [0.15, 0.2) is 24.5 Å². The van der Waals surface area contributed by atoms with E-state index in [0.717, 1.165) is 31.5 Å². The molecule has 1 aliphatic heterocycles. The summed E-state index contributed by atoms with van der Waals surface area (Å²) in [6.07, 6.45) is 5.79. The average Bonchev–Trinajstić information content (AvgIpc) is 3.06. The number of phenolic OH excluding ortho intramolecular Hbond substituents is 1. The van der Waals surface area contributed by atoms with E-state index in [2.05, 4.69) is 32.4 Å². The fourth-order valence-corrected chi connectivity index (χ4v) is 3.86. The van der Waals surface area contributed by atoms with Crippen LogP contribution in [0.25, 0.3) is 17.0 Å². The van der Waals surface area contributed by atoms with Gasteiger partial charge in [-0.25, -0.2) is 4.98 Å². The SMILES string of the molecule is Cc1cc(Cl)cc(O)c1-c1nnc(N[C@@H]2CCCN(C)C2)c2nccn12. The van der Waals surface area contributed by atoms with Crippen LogP contribution in [0, 0.1) is 6.92 Å². The average molecular weight is 373 g/mol. The van der Waals surface area contributed by atoms with E-state index in [0.29, 0.717) is 33.9 Å². The molecule has 0 spiro atoms. The lowest BCUT2D eigenvalue weighted by Gasteiger charge is -2.30. The number of nitrogens with one attached hydrogen (secondary N) is 1. The summed E-state index contributed by atoms with van der Waals surface area (Å²) in [5.74, 6) is 1.27. The molecule has 7 nitrogen and oxygen atoms in total. The molecule has 2 aromatic heterocycles. The first-order valence-electron chi connectivity index (χ1n) is 8.67. The zero-order valence-corrected chi connectivity index (χ0v) is 15.5. The van der Waals surface area contributed by atoms with E-state index in [1.165, 1.54) is 6.07 Å². The Hall–Kier alpha value is -2.38. The molecular weight excluding hydrogens is 352 g/mol. The molecule has 3 heterocycles. The van der Waals surface area contributed by atoms with Gasteiger partial charge in [0.1, 0.15) is 5.75 Å². The Morgan fingerprint density at radius 2 is 2.15 bits per heavy atom. The molecular formula is C18H21ClN6O. The van der Waals surface area contributed by atoms with Gasteiger partial charge < -0.3 is 15.3 Å². The Bertz CT molecular complexity index is 933. The number of halogens is 1. The predicted octanol–water partition coefficient (Wildman–Crippen LogP) is 2.96. The second kappa shape index (κ2) is 6.74. The number of hydrogen-bond donors (Lipinski definition) is 2. The molecule has 1 saturated heterocycles. The molecule has 0 bridgehead atoms. The first kappa shape index (κ1) is 17.1. The maximum absolute atomic E-state index is 10.4.